The van der Waals surface area contributed by atoms with Gasteiger partial charge in [0, 0.05) is 25.2 Å². The van der Waals surface area contributed by atoms with Crippen molar-refractivity contribution in [1.29, 1.82) is 0 Å². The molecule has 1 amide bonds. The van der Waals surface area contributed by atoms with E-state index in [1.807, 2.05) is 0 Å². The highest BCUT2D eigenvalue weighted by Crippen LogP contribution is 2.34. The molecule has 0 bridgehead atoms. The van der Waals surface area contributed by atoms with Crippen molar-refractivity contribution >= 4 is 27.7 Å². The van der Waals surface area contributed by atoms with Crippen molar-refractivity contribution in [3.05, 3.63) is 22.3 Å². The van der Waals surface area contributed by atoms with Crippen LogP contribution in [0.5, 0.6) is 0 Å². The number of amides is 1. The summed E-state index contributed by atoms with van der Waals surface area (Å²) in [5, 5.41) is 0. The minimum atomic E-state index is -4.46. The lowest BCUT2D eigenvalue weighted by molar-refractivity contribution is -0.137. The normalized spacial score (nSPS) is 20.6. The summed E-state index contributed by atoms with van der Waals surface area (Å²) in [4.78, 5) is 16.6. The number of pyridine rings is 1. The lowest BCUT2D eigenvalue weighted by Gasteiger charge is -2.17. The molecule has 4 nitrogen and oxygen atoms in total. The Morgan fingerprint density at radius 1 is 1.50 bits per heavy atom. The number of nitrogens with zero attached hydrogens (tertiary/aromatic N) is 2. The zero-order chi connectivity index (χ0) is 13.5. The molecule has 0 saturated carbocycles. The van der Waals surface area contributed by atoms with Crippen LogP contribution in [0.15, 0.2) is 16.7 Å². The standard InChI is InChI=1S/C10H9BrF3N3O/c11-7-1-5(10(12,13)14)3-16-9(7)17-4-6(15)2-8(17)18/h1,3,6H,2,4,15H2. The summed E-state index contributed by atoms with van der Waals surface area (Å²) in [5.74, 6) is -0.0728. The van der Waals surface area contributed by atoms with E-state index in [0.29, 0.717) is 6.20 Å². The first-order valence-corrected chi connectivity index (χ1v) is 5.87. The Balaban J connectivity index is 2.34. The first-order valence-electron chi connectivity index (χ1n) is 5.07. The van der Waals surface area contributed by atoms with Gasteiger partial charge in [0.25, 0.3) is 0 Å². The largest absolute Gasteiger partial charge is 0.417 e. The molecule has 1 aromatic heterocycles. The summed E-state index contributed by atoms with van der Waals surface area (Å²) >= 11 is 3.00. The third-order valence-electron chi connectivity index (χ3n) is 2.56. The van der Waals surface area contributed by atoms with E-state index in [9.17, 15) is 18.0 Å². The highest BCUT2D eigenvalue weighted by atomic mass is 79.9. The van der Waals surface area contributed by atoms with Crippen molar-refractivity contribution < 1.29 is 18.0 Å². The summed E-state index contributed by atoms with van der Waals surface area (Å²) in [6, 6.07) is 0.591. The van der Waals surface area contributed by atoms with Crippen LogP contribution in [0.3, 0.4) is 0 Å². The maximum absolute atomic E-state index is 12.5. The van der Waals surface area contributed by atoms with Crippen LogP contribution in [-0.4, -0.2) is 23.5 Å². The third kappa shape index (κ3) is 2.49. The maximum atomic E-state index is 12.5. The monoisotopic (exact) mass is 323 g/mol. The molecule has 0 spiro atoms. The number of rotatable bonds is 1. The fourth-order valence-corrected chi connectivity index (χ4v) is 2.29. The number of hydrogen-bond donors (Lipinski definition) is 1. The number of halogens is 4. The van der Waals surface area contributed by atoms with Crippen LogP contribution in [0.25, 0.3) is 0 Å². The Labute approximate surface area is 109 Å². The lowest BCUT2D eigenvalue weighted by atomic mass is 10.2. The number of hydrogen-bond acceptors (Lipinski definition) is 3. The summed E-state index contributed by atoms with van der Waals surface area (Å²) < 4.78 is 37.5. The second-order valence-corrected chi connectivity index (χ2v) is 4.85. The zero-order valence-corrected chi connectivity index (χ0v) is 10.6. The molecule has 2 heterocycles. The van der Waals surface area contributed by atoms with Gasteiger partial charge >= 0.3 is 6.18 Å². The molecule has 1 aromatic rings. The average molecular weight is 324 g/mol. The van der Waals surface area contributed by atoms with Gasteiger partial charge in [0.1, 0.15) is 5.82 Å². The summed E-state index contributed by atoms with van der Waals surface area (Å²) in [6.07, 6.45) is -3.58. The molecule has 0 aromatic carbocycles. The fourth-order valence-electron chi connectivity index (χ4n) is 1.72. The van der Waals surface area contributed by atoms with Crippen molar-refractivity contribution in [2.24, 2.45) is 5.73 Å². The van der Waals surface area contributed by atoms with E-state index in [2.05, 4.69) is 20.9 Å². The number of carbonyl (C=O) groups excluding carboxylic acids is 1. The molecule has 1 unspecified atom stereocenters. The van der Waals surface area contributed by atoms with Gasteiger partial charge in [-0.3, -0.25) is 9.69 Å². The first kappa shape index (κ1) is 13.3. The molecule has 1 saturated heterocycles. The van der Waals surface area contributed by atoms with Crippen LogP contribution >= 0.6 is 15.9 Å². The second-order valence-electron chi connectivity index (χ2n) is 4.00. The van der Waals surface area contributed by atoms with Crippen molar-refractivity contribution in [3.8, 4) is 0 Å². The number of anilines is 1. The summed E-state index contributed by atoms with van der Waals surface area (Å²) in [6.45, 7) is 0.260. The Morgan fingerprint density at radius 3 is 2.61 bits per heavy atom. The van der Waals surface area contributed by atoms with Gasteiger partial charge in [0.05, 0.1) is 10.0 Å². The van der Waals surface area contributed by atoms with Crippen LogP contribution in [0, 0.1) is 0 Å². The molecule has 1 aliphatic heterocycles. The maximum Gasteiger partial charge on any atom is 0.417 e. The molecule has 18 heavy (non-hydrogen) atoms. The van der Waals surface area contributed by atoms with Crippen LogP contribution in [0.2, 0.25) is 0 Å². The minimum absolute atomic E-state index is 0.125. The van der Waals surface area contributed by atoms with Gasteiger partial charge in [-0.25, -0.2) is 4.98 Å². The average Bonchev–Trinajstić information content (AvgIpc) is 2.56. The van der Waals surface area contributed by atoms with Gasteiger partial charge in [0.15, 0.2) is 0 Å². The van der Waals surface area contributed by atoms with Gasteiger partial charge in [-0.05, 0) is 22.0 Å². The van der Waals surface area contributed by atoms with Gasteiger partial charge in [-0.2, -0.15) is 13.2 Å². The molecule has 2 N–H and O–H groups in total. The third-order valence-corrected chi connectivity index (χ3v) is 3.14. The Kier molecular flexibility index (Phi) is 3.33. The molecule has 8 heteroatoms. The SMILES string of the molecule is NC1CC(=O)N(c2ncc(C(F)(F)F)cc2Br)C1. The predicted octanol–water partition coefficient (Wildman–Crippen LogP) is 1.93. The molecule has 1 atom stereocenters. The molecule has 98 valence electrons. The quantitative estimate of drug-likeness (QED) is 0.859. The number of nitrogens with two attached hydrogens (primary N) is 1. The fraction of sp³-hybridized carbons (Fsp3) is 0.400. The van der Waals surface area contributed by atoms with Gasteiger partial charge in [-0.1, -0.05) is 0 Å². The van der Waals surface area contributed by atoms with Crippen molar-refractivity contribution in [2.75, 3.05) is 11.4 Å². The molecular weight excluding hydrogens is 315 g/mol. The summed E-state index contributed by atoms with van der Waals surface area (Å²) in [5.41, 5.74) is 4.75. The van der Waals surface area contributed by atoms with Crippen LogP contribution < -0.4 is 10.6 Å². The van der Waals surface area contributed by atoms with E-state index in [1.165, 1.54) is 4.90 Å². The zero-order valence-electron chi connectivity index (χ0n) is 9.04. The van der Waals surface area contributed by atoms with Gasteiger partial charge < -0.3 is 5.73 Å². The van der Waals surface area contributed by atoms with Gasteiger partial charge in [-0.15, -0.1) is 0 Å². The topological polar surface area (TPSA) is 59.2 Å². The lowest BCUT2D eigenvalue weighted by Crippen LogP contribution is -2.29. The molecule has 1 fully saturated rings. The van der Waals surface area contributed by atoms with E-state index in [1.54, 1.807) is 0 Å². The van der Waals surface area contributed by atoms with E-state index in [-0.39, 0.29) is 35.2 Å². The number of carbonyl (C=O) groups is 1. The second kappa shape index (κ2) is 4.51. The smallest absolute Gasteiger partial charge is 0.326 e. The molecule has 2 rings (SSSR count). The van der Waals surface area contributed by atoms with Crippen LogP contribution in [0.4, 0.5) is 19.0 Å². The Bertz CT molecular complexity index is 492. The Hall–Kier alpha value is -1.15. The molecule has 0 radical (unpaired) electrons. The van der Waals surface area contributed by atoms with Crippen molar-refractivity contribution in [1.82, 2.24) is 4.98 Å². The highest BCUT2D eigenvalue weighted by molar-refractivity contribution is 9.10. The molecular formula is C10H9BrF3N3O. The predicted molar refractivity (Wildman–Crippen MR) is 61.9 cm³/mol. The van der Waals surface area contributed by atoms with Gasteiger partial charge in [0.2, 0.25) is 5.91 Å². The minimum Gasteiger partial charge on any atom is -0.326 e. The van der Waals surface area contributed by atoms with Crippen LogP contribution in [-0.2, 0) is 11.0 Å². The van der Waals surface area contributed by atoms with E-state index >= 15 is 0 Å². The summed E-state index contributed by atoms with van der Waals surface area (Å²) in [7, 11) is 0. The highest BCUT2D eigenvalue weighted by Gasteiger charge is 2.34. The Morgan fingerprint density at radius 2 is 2.17 bits per heavy atom. The molecule has 1 aliphatic rings. The van der Waals surface area contributed by atoms with E-state index in [0.717, 1.165) is 6.07 Å². The molecule has 0 aliphatic carbocycles. The number of alkyl halides is 3. The van der Waals surface area contributed by atoms with Crippen molar-refractivity contribution in [2.45, 2.75) is 18.6 Å². The van der Waals surface area contributed by atoms with Crippen molar-refractivity contribution in [3.63, 3.8) is 0 Å². The number of aromatic nitrogens is 1. The first-order chi connectivity index (χ1) is 8.29. The van der Waals surface area contributed by atoms with Crippen LogP contribution in [0.1, 0.15) is 12.0 Å². The van der Waals surface area contributed by atoms with E-state index in [4.69, 9.17) is 5.73 Å². The van der Waals surface area contributed by atoms with E-state index < -0.39 is 11.7 Å².